The molecule has 1 aromatic heterocycles. The summed E-state index contributed by atoms with van der Waals surface area (Å²) in [4.78, 5) is 20.6. The van der Waals surface area contributed by atoms with Crippen LogP contribution in [0.15, 0.2) is 77.1 Å². The average molecular weight is 360 g/mol. The fourth-order valence-electron chi connectivity index (χ4n) is 3.38. The minimum atomic E-state index is 0.0481. The van der Waals surface area contributed by atoms with Gasteiger partial charge in [0.1, 0.15) is 0 Å². The van der Waals surface area contributed by atoms with Crippen LogP contribution in [0.5, 0.6) is 0 Å². The summed E-state index contributed by atoms with van der Waals surface area (Å²) >= 11 is 1.51. The molecule has 1 atom stereocenters. The molecule has 4 heteroatoms. The number of thiophene rings is 1. The minimum Gasteiger partial charge on any atom is -0.369 e. The molecule has 0 amide bonds. The summed E-state index contributed by atoms with van der Waals surface area (Å²) in [5.74, 6) is 0.188. The third-order valence-electron chi connectivity index (χ3n) is 4.81. The molecule has 0 spiro atoms. The number of benzodiazepines with no additional fused rings is 1. The van der Waals surface area contributed by atoms with Crippen LogP contribution >= 0.6 is 11.3 Å². The standard InChI is InChI=1S/C22H20N2OS/c1-24-17(14-20(25)21-12-7-13-26-21)15-23-22(16-8-3-2-4-9-16)18-10-5-6-11-19(18)24/h2-13,17H,14-15H2,1H3. The summed E-state index contributed by atoms with van der Waals surface area (Å²) in [5, 5.41) is 1.95. The van der Waals surface area contributed by atoms with Crippen molar-refractivity contribution in [1.29, 1.82) is 0 Å². The third-order valence-corrected chi connectivity index (χ3v) is 5.72. The number of Topliss-reactive ketones (excluding diaryl/α,β-unsaturated/α-hetero) is 1. The van der Waals surface area contributed by atoms with Gasteiger partial charge in [-0.1, -0.05) is 54.6 Å². The highest BCUT2D eigenvalue weighted by Gasteiger charge is 2.26. The molecule has 0 fully saturated rings. The Morgan fingerprint density at radius 2 is 1.85 bits per heavy atom. The van der Waals surface area contributed by atoms with E-state index in [9.17, 15) is 4.79 Å². The predicted octanol–water partition coefficient (Wildman–Crippen LogP) is 4.68. The van der Waals surface area contributed by atoms with E-state index in [4.69, 9.17) is 4.99 Å². The van der Waals surface area contributed by atoms with Crippen molar-refractivity contribution < 1.29 is 4.79 Å². The lowest BCUT2D eigenvalue weighted by Gasteiger charge is -2.28. The lowest BCUT2D eigenvalue weighted by molar-refractivity contribution is 0.0978. The van der Waals surface area contributed by atoms with Crippen molar-refractivity contribution in [1.82, 2.24) is 0 Å². The monoisotopic (exact) mass is 360 g/mol. The number of para-hydroxylation sites is 1. The van der Waals surface area contributed by atoms with Crippen molar-refractivity contribution in [3.8, 4) is 0 Å². The average Bonchev–Trinajstić information content (AvgIpc) is 3.18. The molecule has 3 nitrogen and oxygen atoms in total. The van der Waals surface area contributed by atoms with E-state index in [0.717, 1.165) is 27.4 Å². The summed E-state index contributed by atoms with van der Waals surface area (Å²) in [7, 11) is 2.06. The molecule has 2 aromatic carbocycles. The number of anilines is 1. The summed E-state index contributed by atoms with van der Waals surface area (Å²) in [6.07, 6.45) is 0.469. The molecule has 3 aromatic rings. The van der Waals surface area contributed by atoms with E-state index in [1.807, 2.05) is 47.8 Å². The van der Waals surface area contributed by atoms with Crippen LogP contribution in [0.4, 0.5) is 5.69 Å². The topological polar surface area (TPSA) is 32.7 Å². The molecule has 2 heterocycles. The van der Waals surface area contributed by atoms with Crippen LogP contribution in [0.25, 0.3) is 0 Å². The van der Waals surface area contributed by atoms with Gasteiger partial charge in [-0.05, 0) is 17.5 Å². The summed E-state index contributed by atoms with van der Waals surface area (Å²) < 4.78 is 0. The zero-order chi connectivity index (χ0) is 17.9. The van der Waals surface area contributed by atoms with Crippen LogP contribution in [-0.2, 0) is 0 Å². The Bertz CT molecular complexity index is 932. The number of nitrogens with zero attached hydrogens (tertiary/aromatic N) is 2. The number of ketones is 1. The third kappa shape index (κ3) is 3.20. The molecule has 130 valence electrons. The molecule has 0 saturated carbocycles. The van der Waals surface area contributed by atoms with E-state index < -0.39 is 0 Å². The number of carbonyl (C=O) groups excluding carboxylic acids is 1. The van der Waals surface area contributed by atoms with Gasteiger partial charge in [0.05, 0.1) is 23.2 Å². The van der Waals surface area contributed by atoms with E-state index in [-0.39, 0.29) is 11.8 Å². The first kappa shape index (κ1) is 16.7. The molecular weight excluding hydrogens is 340 g/mol. The zero-order valence-corrected chi connectivity index (χ0v) is 15.4. The highest BCUT2D eigenvalue weighted by molar-refractivity contribution is 7.12. The first-order valence-corrected chi connectivity index (χ1v) is 9.61. The smallest absolute Gasteiger partial charge is 0.174 e. The molecule has 0 radical (unpaired) electrons. The van der Waals surface area contributed by atoms with Crippen LogP contribution in [0.3, 0.4) is 0 Å². The number of benzene rings is 2. The molecule has 0 bridgehead atoms. The number of rotatable bonds is 4. The fraction of sp³-hybridized carbons (Fsp3) is 0.182. The van der Waals surface area contributed by atoms with Gasteiger partial charge in [-0.3, -0.25) is 9.79 Å². The summed E-state index contributed by atoms with van der Waals surface area (Å²) in [6.45, 7) is 0.604. The minimum absolute atomic E-state index is 0.0481. The van der Waals surface area contributed by atoms with Crippen LogP contribution in [0, 0.1) is 0 Å². The number of carbonyl (C=O) groups is 1. The first-order valence-electron chi connectivity index (χ1n) is 8.73. The van der Waals surface area contributed by atoms with E-state index in [2.05, 4.69) is 36.2 Å². The van der Waals surface area contributed by atoms with E-state index in [1.165, 1.54) is 11.3 Å². The van der Waals surface area contributed by atoms with Gasteiger partial charge in [-0.25, -0.2) is 0 Å². The summed E-state index contributed by atoms with van der Waals surface area (Å²) in [6, 6.07) is 22.4. The molecule has 26 heavy (non-hydrogen) atoms. The molecule has 1 aliphatic heterocycles. The maximum atomic E-state index is 12.6. The molecule has 4 rings (SSSR count). The number of hydrogen-bond acceptors (Lipinski definition) is 4. The van der Waals surface area contributed by atoms with Crippen molar-refractivity contribution in [2.75, 3.05) is 18.5 Å². The van der Waals surface area contributed by atoms with Crippen LogP contribution in [-0.4, -0.2) is 31.1 Å². The van der Waals surface area contributed by atoms with Gasteiger partial charge >= 0.3 is 0 Å². The predicted molar refractivity (Wildman–Crippen MR) is 109 cm³/mol. The lowest BCUT2D eigenvalue weighted by atomic mass is 10.00. The van der Waals surface area contributed by atoms with Gasteiger partial charge in [-0.15, -0.1) is 11.3 Å². The normalized spacial score (nSPS) is 16.6. The Hall–Kier alpha value is -2.72. The Labute approximate surface area is 157 Å². The maximum Gasteiger partial charge on any atom is 0.174 e. The van der Waals surface area contributed by atoms with Crippen LogP contribution in [0.2, 0.25) is 0 Å². The van der Waals surface area contributed by atoms with E-state index in [0.29, 0.717) is 13.0 Å². The highest BCUT2D eigenvalue weighted by atomic mass is 32.1. The van der Waals surface area contributed by atoms with Crippen molar-refractivity contribution in [2.45, 2.75) is 12.5 Å². The van der Waals surface area contributed by atoms with Gasteiger partial charge in [0, 0.05) is 30.3 Å². The van der Waals surface area contributed by atoms with Gasteiger partial charge in [0.25, 0.3) is 0 Å². The maximum absolute atomic E-state index is 12.6. The number of likely N-dealkylation sites (N-methyl/N-ethyl adjacent to an activating group) is 1. The van der Waals surface area contributed by atoms with Crippen LogP contribution in [0.1, 0.15) is 27.2 Å². The molecule has 1 aliphatic rings. The number of aliphatic imine (C=N–C) groups is 1. The molecular formula is C22H20N2OS. The summed E-state index contributed by atoms with van der Waals surface area (Å²) in [5.41, 5.74) is 4.35. The quantitative estimate of drug-likeness (QED) is 0.633. The Morgan fingerprint density at radius 3 is 2.62 bits per heavy atom. The zero-order valence-electron chi connectivity index (χ0n) is 14.6. The van der Waals surface area contributed by atoms with Gasteiger partial charge < -0.3 is 4.90 Å². The second-order valence-corrected chi connectivity index (χ2v) is 7.39. The number of fused-ring (bicyclic) bond motifs is 1. The largest absolute Gasteiger partial charge is 0.369 e. The molecule has 0 N–H and O–H groups in total. The Kier molecular flexibility index (Phi) is 4.67. The van der Waals surface area contributed by atoms with Gasteiger partial charge in [0.15, 0.2) is 5.78 Å². The van der Waals surface area contributed by atoms with Gasteiger partial charge in [-0.2, -0.15) is 0 Å². The number of hydrogen-bond donors (Lipinski definition) is 0. The molecule has 0 aliphatic carbocycles. The molecule has 1 unspecified atom stereocenters. The fourth-order valence-corrected chi connectivity index (χ4v) is 4.05. The van der Waals surface area contributed by atoms with Crippen molar-refractivity contribution >= 4 is 28.5 Å². The van der Waals surface area contributed by atoms with Crippen molar-refractivity contribution in [2.24, 2.45) is 4.99 Å². The van der Waals surface area contributed by atoms with Crippen molar-refractivity contribution in [3.63, 3.8) is 0 Å². The van der Waals surface area contributed by atoms with Gasteiger partial charge in [0.2, 0.25) is 0 Å². The lowest BCUT2D eigenvalue weighted by Crippen LogP contribution is -2.35. The molecule has 0 saturated heterocycles. The van der Waals surface area contributed by atoms with Crippen molar-refractivity contribution in [3.05, 3.63) is 88.1 Å². The highest BCUT2D eigenvalue weighted by Crippen LogP contribution is 2.29. The second-order valence-electron chi connectivity index (χ2n) is 6.44. The van der Waals surface area contributed by atoms with E-state index in [1.54, 1.807) is 0 Å². The second kappa shape index (κ2) is 7.26. The van der Waals surface area contributed by atoms with Crippen LogP contribution < -0.4 is 4.90 Å². The SMILES string of the molecule is CN1c2ccccc2C(c2ccccc2)=NCC1CC(=O)c1cccs1. The van der Waals surface area contributed by atoms with E-state index >= 15 is 0 Å². The first-order chi connectivity index (χ1) is 12.7. The Morgan fingerprint density at radius 1 is 1.08 bits per heavy atom. The Balaban J connectivity index is 1.70.